The summed E-state index contributed by atoms with van der Waals surface area (Å²) in [7, 11) is 0. The number of carbonyl (C=O) groups excluding carboxylic acids is 1. The molecule has 1 saturated heterocycles. The van der Waals surface area contributed by atoms with Crippen molar-refractivity contribution in [3.8, 4) is 0 Å². The molecule has 2 N–H and O–H groups in total. The van der Waals surface area contributed by atoms with Crippen molar-refractivity contribution in [1.29, 1.82) is 0 Å². The lowest BCUT2D eigenvalue weighted by Crippen LogP contribution is -2.46. The molecule has 92 valence electrons. The van der Waals surface area contributed by atoms with E-state index in [-0.39, 0.29) is 6.04 Å². The first kappa shape index (κ1) is 11.9. The minimum atomic E-state index is 0.212. The van der Waals surface area contributed by atoms with Gasteiger partial charge in [-0.2, -0.15) is 0 Å². The van der Waals surface area contributed by atoms with Crippen LogP contribution in [0.15, 0.2) is 0 Å². The number of nitrogens with zero attached hydrogens (tertiary/aromatic N) is 1. The average Bonchev–Trinajstić information content (AvgIpc) is 2.30. The topological polar surface area (TPSA) is 46.3 Å². The number of amides is 1. The molecule has 1 heterocycles. The number of hydrogen-bond acceptors (Lipinski definition) is 2. The van der Waals surface area contributed by atoms with Crippen LogP contribution in [0, 0.1) is 5.92 Å². The van der Waals surface area contributed by atoms with Gasteiger partial charge in [-0.05, 0) is 31.6 Å². The lowest BCUT2D eigenvalue weighted by Gasteiger charge is -2.32. The zero-order valence-electron chi connectivity index (χ0n) is 10.2. The summed E-state index contributed by atoms with van der Waals surface area (Å²) in [6.07, 6.45) is 9.43. The van der Waals surface area contributed by atoms with Gasteiger partial charge in [0.15, 0.2) is 0 Å². The molecule has 1 amide bonds. The van der Waals surface area contributed by atoms with Gasteiger partial charge in [0.05, 0.1) is 0 Å². The molecule has 0 bridgehead atoms. The predicted octanol–water partition coefficient (Wildman–Crippen LogP) is 1.91. The van der Waals surface area contributed by atoms with Gasteiger partial charge in [0.2, 0.25) is 5.91 Å². The van der Waals surface area contributed by atoms with E-state index >= 15 is 0 Å². The van der Waals surface area contributed by atoms with Crippen molar-refractivity contribution in [2.75, 3.05) is 13.1 Å². The summed E-state index contributed by atoms with van der Waals surface area (Å²) in [5, 5.41) is 0. The van der Waals surface area contributed by atoms with Gasteiger partial charge in [-0.1, -0.05) is 19.3 Å². The lowest BCUT2D eigenvalue weighted by molar-refractivity contribution is -0.133. The summed E-state index contributed by atoms with van der Waals surface area (Å²) in [5.41, 5.74) is 5.90. The maximum absolute atomic E-state index is 12.1. The fraction of sp³-hybridized carbons (Fsp3) is 0.923. The second kappa shape index (κ2) is 5.67. The highest BCUT2D eigenvalue weighted by atomic mass is 16.2. The largest absolute Gasteiger partial charge is 0.341 e. The van der Waals surface area contributed by atoms with Crippen LogP contribution in [0.5, 0.6) is 0 Å². The Labute approximate surface area is 98.4 Å². The first-order chi connectivity index (χ1) is 7.75. The van der Waals surface area contributed by atoms with E-state index in [1.807, 2.05) is 4.90 Å². The van der Waals surface area contributed by atoms with Crippen molar-refractivity contribution in [3.05, 3.63) is 0 Å². The van der Waals surface area contributed by atoms with Crippen molar-refractivity contribution in [1.82, 2.24) is 4.90 Å². The Balaban J connectivity index is 1.77. The molecule has 1 aliphatic heterocycles. The molecule has 3 nitrogen and oxygen atoms in total. The molecular formula is C13H24N2O. The molecule has 1 atom stereocenters. The van der Waals surface area contributed by atoms with Crippen molar-refractivity contribution in [2.45, 2.75) is 57.4 Å². The van der Waals surface area contributed by atoms with Crippen LogP contribution in [-0.4, -0.2) is 29.9 Å². The summed E-state index contributed by atoms with van der Waals surface area (Å²) >= 11 is 0. The standard InChI is InChI=1S/C13H24N2O/c14-12-7-4-8-15(10-12)13(16)9-11-5-2-1-3-6-11/h11-12H,1-10,14H2/t12-/m1/s1. The van der Waals surface area contributed by atoms with E-state index < -0.39 is 0 Å². The summed E-state index contributed by atoms with van der Waals surface area (Å²) < 4.78 is 0. The maximum Gasteiger partial charge on any atom is 0.222 e. The summed E-state index contributed by atoms with van der Waals surface area (Å²) in [4.78, 5) is 14.1. The second-order valence-corrected chi connectivity index (χ2v) is 5.45. The molecule has 1 saturated carbocycles. The van der Waals surface area contributed by atoms with Crippen LogP contribution in [0.2, 0.25) is 0 Å². The molecule has 2 aliphatic rings. The van der Waals surface area contributed by atoms with Crippen LogP contribution in [0.3, 0.4) is 0 Å². The number of piperidine rings is 1. The Morgan fingerprint density at radius 3 is 2.56 bits per heavy atom. The summed E-state index contributed by atoms with van der Waals surface area (Å²) in [6.45, 7) is 1.71. The Hall–Kier alpha value is -0.570. The number of nitrogens with two attached hydrogens (primary N) is 1. The molecule has 0 radical (unpaired) electrons. The van der Waals surface area contributed by atoms with Gasteiger partial charge in [-0.3, -0.25) is 4.79 Å². The number of likely N-dealkylation sites (tertiary alicyclic amines) is 1. The van der Waals surface area contributed by atoms with Gasteiger partial charge in [-0.15, -0.1) is 0 Å². The van der Waals surface area contributed by atoms with Crippen molar-refractivity contribution in [3.63, 3.8) is 0 Å². The Morgan fingerprint density at radius 1 is 1.12 bits per heavy atom. The van der Waals surface area contributed by atoms with E-state index in [1.54, 1.807) is 0 Å². The molecule has 0 unspecified atom stereocenters. The lowest BCUT2D eigenvalue weighted by atomic mass is 9.86. The van der Waals surface area contributed by atoms with Gasteiger partial charge >= 0.3 is 0 Å². The van der Waals surface area contributed by atoms with Crippen LogP contribution >= 0.6 is 0 Å². The van der Waals surface area contributed by atoms with Crippen LogP contribution < -0.4 is 5.73 Å². The van der Waals surface area contributed by atoms with Gasteiger partial charge in [-0.25, -0.2) is 0 Å². The smallest absolute Gasteiger partial charge is 0.222 e. The third-order valence-corrected chi connectivity index (χ3v) is 4.00. The van der Waals surface area contributed by atoms with Gasteiger partial charge < -0.3 is 10.6 Å². The molecule has 0 aromatic heterocycles. The van der Waals surface area contributed by atoms with Gasteiger partial charge in [0, 0.05) is 25.6 Å². The van der Waals surface area contributed by atoms with E-state index in [4.69, 9.17) is 5.73 Å². The zero-order valence-corrected chi connectivity index (χ0v) is 10.2. The summed E-state index contributed by atoms with van der Waals surface area (Å²) in [5.74, 6) is 1.00. The average molecular weight is 224 g/mol. The van der Waals surface area contributed by atoms with E-state index in [1.165, 1.54) is 32.1 Å². The molecular weight excluding hydrogens is 200 g/mol. The Bertz CT molecular complexity index is 236. The zero-order chi connectivity index (χ0) is 11.4. The van der Waals surface area contributed by atoms with Crippen LogP contribution in [-0.2, 0) is 4.79 Å². The molecule has 0 aromatic rings. The third kappa shape index (κ3) is 3.21. The second-order valence-electron chi connectivity index (χ2n) is 5.45. The third-order valence-electron chi connectivity index (χ3n) is 4.00. The monoisotopic (exact) mass is 224 g/mol. The number of hydrogen-bond donors (Lipinski definition) is 1. The first-order valence-corrected chi connectivity index (χ1v) is 6.79. The fourth-order valence-electron chi connectivity index (χ4n) is 3.00. The van der Waals surface area contributed by atoms with Crippen molar-refractivity contribution in [2.24, 2.45) is 11.7 Å². The highest BCUT2D eigenvalue weighted by molar-refractivity contribution is 5.76. The fourth-order valence-corrected chi connectivity index (χ4v) is 3.00. The molecule has 0 spiro atoms. The molecule has 1 aliphatic carbocycles. The Morgan fingerprint density at radius 2 is 1.88 bits per heavy atom. The van der Waals surface area contributed by atoms with Crippen LogP contribution in [0.4, 0.5) is 0 Å². The Kier molecular flexibility index (Phi) is 4.22. The normalized spacial score (nSPS) is 28.1. The van der Waals surface area contributed by atoms with E-state index in [2.05, 4.69) is 0 Å². The molecule has 16 heavy (non-hydrogen) atoms. The minimum absolute atomic E-state index is 0.212. The van der Waals surface area contributed by atoms with E-state index in [0.717, 1.165) is 32.4 Å². The molecule has 3 heteroatoms. The van der Waals surface area contributed by atoms with Gasteiger partial charge in [0.1, 0.15) is 0 Å². The first-order valence-electron chi connectivity index (χ1n) is 6.79. The van der Waals surface area contributed by atoms with Gasteiger partial charge in [0.25, 0.3) is 0 Å². The highest BCUT2D eigenvalue weighted by Gasteiger charge is 2.24. The minimum Gasteiger partial charge on any atom is -0.341 e. The predicted molar refractivity (Wildman–Crippen MR) is 65.0 cm³/mol. The molecule has 2 rings (SSSR count). The van der Waals surface area contributed by atoms with Crippen LogP contribution in [0.1, 0.15) is 51.4 Å². The van der Waals surface area contributed by atoms with Crippen LogP contribution in [0.25, 0.3) is 0 Å². The van der Waals surface area contributed by atoms with E-state index in [9.17, 15) is 4.79 Å². The van der Waals surface area contributed by atoms with E-state index in [0.29, 0.717) is 11.8 Å². The SMILES string of the molecule is N[C@@H]1CCCN(C(=O)CC2CCCCC2)C1. The highest BCUT2D eigenvalue weighted by Crippen LogP contribution is 2.27. The number of rotatable bonds is 2. The van der Waals surface area contributed by atoms with Crippen molar-refractivity contribution >= 4 is 5.91 Å². The molecule has 2 fully saturated rings. The number of carbonyl (C=O) groups is 1. The molecule has 0 aromatic carbocycles. The summed E-state index contributed by atoms with van der Waals surface area (Å²) in [6, 6.07) is 0.212. The van der Waals surface area contributed by atoms with Crippen molar-refractivity contribution < 1.29 is 4.79 Å². The quantitative estimate of drug-likeness (QED) is 0.778. The maximum atomic E-state index is 12.1.